The number of ether oxygens (including phenoxy) is 2. The number of carbonyl (C=O) groups excluding carboxylic acids is 1. The SMILES string of the molecule is B[C@H]1C[C@@H](OP(OCCC#N)N(C(C)C)C(C)C)[C@@H](CO[Si](OCCCCCCNC(=O)OC[C@@H]2[C@@H]3CCC#CCC[C@@H]32)(C(C)C)C(C)C)O1. The summed E-state index contributed by atoms with van der Waals surface area (Å²) < 4.78 is 40.7. The van der Waals surface area contributed by atoms with Gasteiger partial charge in [0.15, 0.2) is 0 Å². The van der Waals surface area contributed by atoms with E-state index in [0.717, 1.165) is 57.8 Å². The zero-order valence-corrected chi connectivity index (χ0v) is 34.5. The molecule has 0 radical (unpaired) electrons. The van der Waals surface area contributed by atoms with Gasteiger partial charge in [-0.2, -0.15) is 5.26 Å². The third kappa shape index (κ3) is 13.3. The number of nitrogens with zero attached hydrogens (tertiary/aromatic N) is 2. The molecule has 7 atom stereocenters. The van der Waals surface area contributed by atoms with Gasteiger partial charge in [-0.25, -0.2) is 9.46 Å². The Balaban J connectivity index is 1.41. The minimum Gasteiger partial charge on any atom is -0.449 e. The molecule has 0 spiro atoms. The molecular formula is C37H67BN3O7PSi. The normalized spacial score (nSPS) is 25.6. The van der Waals surface area contributed by atoms with Crippen LogP contribution in [0.5, 0.6) is 0 Å². The molecular weight excluding hydrogens is 668 g/mol. The number of alkyl carbamates (subject to hydrolysis) is 1. The third-order valence-electron chi connectivity index (χ3n) is 10.3. The van der Waals surface area contributed by atoms with Crippen LogP contribution in [0.2, 0.25) is 11.1 Å². The van der Waals surface area contributed by atoms with E-state index in [1.165, 1.54) is 0 Å². The number of unbranched alkanes of at least 4 members (excludes halogenated alkanes) is 3. The number of amides is 1. The van der Waals surface area contributed by atoms with Crippen molar-refractivity contribution >= 4 is 31.0 Å². The van der Waals surface area contributed by atoms with Crippen LogP contribution in [0.4, 0.5) is 4.79 Å². The van der Waals surface area contributed by atoms with Gasteiger partial charge in [0.1, 0.15) is 14.0 Å². The first-order valence-corrected chi connectivity index (χ1v) is 22.6. The van der Waals surface area contributed by atoms with Gasteiger partial charge in [-0.3, -0.25) is 0 Å². The Kier molecular flexibility index (Phi) is 19.1. The van der Waals surface area contributed by atoms with Crippen LogP contribution in [0.1, 0.15) is 120 Å². The molecule has 0 aromatic heterocycles. The molecule has 1 N–H and O–H groups in total. The molecule has 1 aliphatic heterocycles. The maximum absolute atomic E-state index is 12.3. The molecule has 1 amide bonds. The molecule has 0 bridgehead atoms. The van der Waals surface area contributed by atoms with Gasteiger partial charge in [-0.1, -0.05) is 40.5 Å². The summed E-state index contributed by atoms with van der Waals surface area (Å²) in [5.41, 5.74) is 0.531. The van der Waals surface area contributed by atoms with Gasteiger partial charge in [0, 0.05) is 44.1 Å². The van der Waals surface area contributed by atoms with Gasteiger partial charge in [0.25, 0.3) is 8.53 Å². The molecule has 3 rings (SSSR count). The van der Waals surface area contributed by atoms with Crippen LogP contribution >= 0.6 is 8.53 Å². The fourth-order valence-corrected chi connectivity index (χ4v) is 13.1. The Labute approximate surface area is 307 Å². The average molecular weight is 736 g/mol. The van der Waals surface area contributed by atoms with Crippen LogP contribution in [-0.2, 0) is 27.4 Å². The van der Waals surface area contributed by atoms with Gasteiger partial charge in [-0.15, -0.1) is 11.8 Å². The first-order valence-electron chi connectivity index (χ1n) is 19.5. The average Bonchev–Trinajstić information content (AvgIpc) is 3.54. The van der Waals surface area contributed by atoms with Crippen molar-refractivity contribution in [2.75, 3.05) is 33.0 Å². The third-order valence-corrected chi connectivity index (χ3v) is 16.9. The monoisotopic (exact) mass is 735 g/mol. The second-order valence-corrected chi connectivity index (χ2v) is 21.2. The molecule has 2 fully saturated rings. The van der Waals surface area contributed by atoms with E-state index >= 15 is 0 Å². The standard InChI is InChI=1S/C37H67BN3O7PSi/c1-27(2)41(28(3)4)49(44-22-17-20-39)48-34-24-36(38)47-35(34)26-46-50(29(5)6,30(7)8)45-23-16-12-11-15-21-40-37(42)43-25-33-31-18-13-9-10-14-19-32(31)33/h27-36H,11-19,21-26,38H2,1-8H3,(H,40,42)/t31-,32+,33-,34-,35-,36-,49?/m1/s1. The van der Waals surface area contributed by atoms with Crippen molar-refractivity contribution in [3.05, 3.63) is 0 Å². The highest BCUT2D eigenvalue weighted by Crippen LogP contribution is 2.52. The Morgan fingerprint density at radius 3 is 2.20 bits per heavy atom. The molecule has 0 aromatic rings. The number of nitrogens with one attached hydrogen (secondary N) is 1. The lowest BCUT2D eigenvalue weighted by Gasteiger charge is -2.39. The molecule has 0 aromatic carbocycles. The molecule has 13 heteroatoms. The molecule has 284 valence electrons. The molecule has 3 aliphatic rings. The van der Waals surface area contributed by atoms with Crippen molar-refractivity contribution in [3.63, 3.8) is 0 Å². The van der Waals surface area contributed by atoms with E-state index in [4.69, 9.17) is 32.6 Å². The highest BCUT2D eigenvalue weighted by Gasteiger charge is 2.49. The van der Waals surface area contributed by atoms with Gasteiger partial charge >= 0.3 is 14.7 Å². The highest BCUT2D eigenvalue weighted by atomic mass is 31.2. The number of fused-ring (bicyclic) bond motifs is 1. The zero-order valence-electron chi connectivity index (χ0n) is 32.6. The van der Waals surface area contributed by atoms with E-state index in [2.05, 4.69) is 91.1 Å². The summed E-state index contributed by atoms with van der Waals surface area (Å²) >= 11 is 0. The van der Waals surface area contributed by atoms with Crippen LogP contribution in [0, 0.1) is 40.9 Å². The van der Waals surface area contributed by atoms with E-state index in [1.807, 2.05) is 0 Å². The van der Waals surface area contributed by atoms with Crippen LogP contribution in [0.3, 0.4) is 0 Å². The summed E-state index contributed by atoms with van der Waals surface area (Å²) in [6.45, 7) is 20.0. The fraction of sp³-hybridized carbons (Fsp3) is 0.892. The Morgan fingerprint density at radius 1 is 0.960 bits per heavy atom. The van der Waals surface area contributed by atoms with Crippen molar-refractivity contribution in [2.24, 2.45) is 17.8 Å². The van der Waals surface area contributed by atoms with Gasteiger partial charge in [0.2, 0.25) is 0 Å². The van der Waals surface area contributed by atoms with E-state index in [1.54, 1.807) is 0 Å². The summed E-state index contributed by atoms with van der Waals surface area (Å²) in [6, 6.07) is 2.69. The first-order chi connectivity index (χ1) is 23.9. The quantitative estimate of drug-likeness (QED) is 0.0496. The van der Waals surface area contributed by atoms with E-state index in [9.17, 15) is 4.79 Å². The van der Waals surface area contributed by atoms with Crippen molar-refractivity contribution in [3.8, 4) is 17.9 Å². The predicted octanol–water partition coefficient (Wildman–Crippen LogP) is 7.42. The lowest BCUT2D eigenvalue weighted by molar-refractivity contribution is -0.00767. The minimum atomic E-state index is -2.60. The Hall–Kier alpha value is -1.21. The first kappa shape index (κ1) is 43.2. The second-order valence-electron chi connectivity index (χ2n) is 15.5. The predicted molar refractivity (Wildman–Crippen MR) is 204 cm³/mol. The van der Waals surface area contributed by atoms with Gasteiger partial charge < -0.3 is 32.7 Å². The number of carbonyl (C=O) groups is 1. The van der Waals surface area contributed by atoms with Crippen LogP contribution in [-0.4, -0.2) is 90.4 Å². The van der Waals surface area contributed by atoms with Gasteiger partial charge in [0.05, 0.1) is 38.4 Å². The van der Waals surface area contributed by atoms with Crippen molar-refractivity contribution in [1.82, 2.24) is 9.99 Å². The van der Waals surface area contributed by atoms with Crippen LogP contribution in [0.15, 0.2) is 0 Å². The highest BCUT2D eigenvalue weighted by molar-refractivity contribution is 7.44. The second kappa shape index (κ2) is 22.1. The zero-order chi connectivity index (χ0) is 36.7. The summed E-state index contributed by atoms with van der Waals surface area (Å²) in [7, 11) is -1.89. The molecule has 10 nitrogen and oxygen atoms in total. The van der Waals surface area contributed by atoms with Crippen molar-refractivity contribution in [1.29, 1.82) is 5.26 Å². The van der Waals surface area contributed by atoms with E-state index in [0.29, 0.717) is 57.1 Å². The number of nitriles is 1. The largest absolute Gasteiger partial charge is 0.449 e. The van der Waals surface area contributed by atoms with Crippen LogP contribution < -0.4 is 5.32 Å². The van der Waals surface area contributed by atoms with E-state index in [-0.39, 0.29) is 47.5 Å². The number of rotatable bonds is 23. The molecule has 2 aliphatic carbocycles. The maximum atomic E-state index is 12.3. The van der Waals surface area contributed by atoms with Crippen molar-refractivity contribution in [2.45, 2.75) is 161 Å². The Bertz CT molecular complexity index is 1080. The molecule has 1 saturated carbocycles. The number of hydrogen-bond acceptors (Lipinski definition) is 9. The lowest BCUT2D eigenvalue weighted by atomic mass is 9.96. The fourth-order valence-electron chi connectivity index (χ4n) is 7.68. The van der Waals surface area contributed by atoms with Crippen LogP contribution in [0.25, 0.3) is 0 Å². The summed E-state index contributed by atoms with van der Waals surface area (Å²) in [5, 5.41) is 12.0. The topological polar surface area (TPSA) is 112 Å². The Morgan fingerprint density at radius 2 is 1.60 bits per heavy atom. The summed E-state index contributed by atoms with van der Waals surface area (Å²) in [5.74, 6) is 8.36. The lowest BCUT2D eigenvalue weighted by Crippen LogP contribution is -2.50. The molecule has 1 heterocycles. The molecule has 50 heavy (non-hydrogen) atoms. The van der Waals surface area contributed by atoms with Gasteiger partial charge in [-0.05, 0) is 88.6 Å². The molecule has 1 saturated heterocycles. The summed E-state index contributed by atoms with van der Waals surface area (Å²) in [6.07, 6.45) is 8.56. The van der Waals surface area contributed by atoms with E-state index < -0.39 is 17.1 Å². The van der Waals surface area contributed by atoms with Crippen molar-refractivity contribution < 1.29 is 32.2 Å². The molecule has 1 unspecified atom stereocenters. The minimum absolute atomic E-state index is 0.0508. The maximum Gasteiger partial charge on any atom is 0.407 e. The number of hydrogen-bond donors (Lipinski definition) is 1. The summed E-state index contributed by atoms with van der Waals surface area (Å²) in [4.78, 5) is 12.3. The smallest absolute Gasteiger partial charge is 0.407 e.